The van der Waals surface area contributed by atoms with Gasteiger partial charge in [0.25, 0.3) is 5.91 Å². The van der Waals surface area contributed by atoms with Gasteiger partial charge < -0.3 is 10.2 Å². The van der Waals surface area contributed by atoms with Gasteiger partial charge in [-0.2, -0.15) is 0 Å². The number of pyridine rings is 1. The van der Waals surface area contributed by atoms with E-state index in [1.165, 1.54) is 0 Å². The quantitative estimate of drug-likeness (QED) is 0.919. The van der Waals surface area contributed by atoms with Gasteiger partial charge >= 0.3 is 0 Å². The van der Waals surface area contributed by atoms with Crippen LogP contribution < -0.4 is 5.32 Å². The standard InChI is InChI=1S/C16H25N3O/c1-15(2)12(16(15,3)4)10-18-13-8-7-11(9-17-13)14(20)19(5)6/h7-9,12H,10H2,1-6H3,(H,17,18). The van der Waals surface area contributed by atoms with Crippen molar-refractivity contribution < 1.29 is 4.79 Å². The highest BCUT2D eigenvalue weighted by atomic mass is 16.2. The second-order valence-electron chi connectivity index (χ2n) is 7.01. The second kappa shape index (κ2) is 4.76. The summed E-state index contributed by atoms with van der Waals surface area (Å²) in [6.07, 6.45) is 1.63. The Labute approximate surface area is 121 Å². The van der Waals surface area contributed by atoms with Gasteiger partial charge in [-0.1, -0.05) is 27.7 Å². The monoisotopic (exact) mass is 275 g/mol. The molecule has 0 aromatic carbocycles. The Morgan fingerprint density at radius 2 is 1.85 bits per heavy atom. The average molecular weight is 275 g/mol. The van der Waals surface area contributed by atoms with E-state index < -0.39 is 0 Å². The molecule has 1 saturated carbocycles. The lowest BCUT2D eigenvalue weighted by Crippen LogP contribution is -2.21. The van der Waals surface area contributed by atoms with Gasteiger partial charge in [-0.15, -0.1) is 0 Å². The number of hydrogen-bond donors (Lipinski definition) is 1. The third-order valence-electron chi connectivity index (χ3n) is 5.22. The van der Waals surface area contributed by atoms with Crippen molar-refractivity contribution in [2.24, 2.45) is 16.7 Å². The van der Waals surface area contributed by atoms with Crippen LogP contribution in [0.5, 0.6) is 0 Å². The molecule has 0 bridgehead atoms. The molecule has 1 aromatic heterocycles. The van der Waals surface area contributed by atoms with Gasteiger partial charge in [0.1, 0.15) is 5.82 Å². The molecule has 1 N–H and O–H groups in total. The SMILES string of the molecule is CN(C)C(=O)c1ccc(NCC2C(C)(C)C2(C)C)nc1. The van der Waals surface area contributed by atoms with Crippen LogP contribution in [0.4, 0.5) is 5.82 Å². The van der Waals surface area contributed by atoms with Crippen molar-refractivity contribution in [2.75, 3.05) is 26.0 Å². The second-order valence-corrected chi connectivity index (χ2v) is 7.01. The fourth-order valence-corrected chi connectivity index (χ4v) is 2.93. The summed E-state index contributed by atoms with van der Waals surface area (Å²) < 4.78 is 0. The number of nitrogens with zero attached hydrogens (tertiary/aromatic N) is 2. The molecule has 4 nitrogen and oxygen atoms in total. The topological polar surface area (TPSA) is 45.2 Å². The van der Waals surface area contributed by atoms with Crippen molar-refractivity contribution in [3.8, 4) is 0 Å². The molecule has 0 radical (unpaired) electrons. The van der Waals surface area contributed by atoms with Crippen LogP contribution in [-0.4, -0.2) is 36.4 Å². The zero-order valence-corrected chi connectivity index (χ0v) is 13.3. The van der Waals surface area contributed by atoms with Crippen molar-refractivity contribution in [3.05, 3.63) is 23.9 Å². The molecule has 1 fully saturated rings. The molecule has 1 amide bonds. The van der Waals surface area contributed by atoms with E-state index in [4.69, 9.17) is 0 Å². The summed E-state index contributed by atoms with van der Waals surface area (Å²) in [5.41, 5.74) is 1.37. The summed E-state index contributed by atoms with van der Waals surface area (Å²) in [4.78, 5) is 17.6. The molecule has 1 heterocycles. The Hall–Kier alpha value is -1.58. The first-order valence-electron chi connectivity index (χ1n) is 7.09. The van der Waals surface area contributed by atoms with Crippen molar-refractivity contribution in [3.63, 3.8) is 0 Å². The minimum Gasteiger partial charge on any atom is -0.370 e. The number of rotatable bonds is 4. The molecule has 0 spiro atoms. The minimum atomic E-state index is -0.0199. The zero-order valence-electron chi connectivity index (χ0n) is 13.3. The van der Waals surface area contributed by atoms with Crippen LogP contribution in [0.3, 0.4) is 0 Å². The van der Waals surface area contributed by atoms with Crippen molar-refractivity contribution in [1.29, 1.82) is 0 Å². The molecule has 1 aliphatic rings. The average Bonchev–Trinajstić information content (AvgIpc) is 2.77. The third-order valence-corrected chi connectivity index (χ3v) is 5.22. The van der Waals surface area contributed by atoms with E-state index in [1.54, 1.807) is 25.2 Å². The number of carbonyl (C=O) groups excluding carboxylic acids is 1. The first-order valence-corrected chi connectivity index (χ1v) is 7.09. The van der Waals surface area contributed by atoms with E-state index in [2.05, 4.69) is 38.0 Å². The Morgan fingerprint density at radius 3 is 2.25 bits per heavy atom. The lowest BCUT2D eigenvalue weighted by molar-refractivity contribution is 0.0827. The van der Waals surface area contributed by atoms with E-state index in [-0.39, 0.29) is 5.91 Å². The fraction of sp³-hybridized carbons (Fsp3) is 0.625. The number of aromatic nitrogens is 1. The van der Waals surface area contributed by atoms with E-state index in [9.17, 15) is 4.79 Å². The fourth-order valence-electron chi connectivity index (χ4n) is 2.93. The highest BCUT2D eigenvalue weighted by molar-refractivity contribution is 5.93. The van der Waals surface area contributed by atoms with Gasteiger partial charge in [-0.25, -0.2) is 4.98 Å². The lowest BCUT2D eigenvalue weighted by atomic mass is 10.0. The molecule has 0 aliphatic heterocycles. The molecule has 4 heteroatoms. The van der Waals surface area contributed by atoms with Crippen LogP contribution >= 0.6 is 0 Å². The largest absolute Gasteiger partial charge is 0.370 e. The van der Waals surface area contributed by atoms with Crippen LogP contribution in [-0.2, 0) is 0 Å². The Kier molecular flexibility index (Phi) is 3.53. The summed E-state index contributed by atoms with van der Waals surface area (Å²) in [7, 11) is 3.48. The maximum Gasteiger partial charge on any atom is 0.254 e. The maximum atomic E-state index is 11.8. The van der Waals surface area contributed by atoms with E-state index in [0.29, 0.717) is 22.3 Å². The number of amides is 1. The highest BCUT2D eigenvalue weighted by Crippen LogP contribution is 2.68. The van der Waals surface area contributed by atoms with E-state index >= 15 is 0 Å². The highest BCUT2D eigenvalue weighted by Gasteiger charge is 2.64. The van der Waals surface area contributed by atoms with Crippen molar-refractivity contribution in [2.45, 2.75) is 27.7 Å². The number of carbonyl (C=O) groups is 1. The molecule has 0 atom stereocenters. The normalized spacial score (nSPS) is 19.5. The van der Waals surface area contributed by atoms with Gasteiger partial charge in [0, 0.05) is 26.8 Å². The Morgan fingerprint density at radius 1 is 1.25 bits per heavy atom. The van der Waals surface area contributed by atoms with Crippen LogP contribution in [0.1, 0.15) is 38.1 Å². The zero-order chi connectivity index (χ0) is 15.1. The number of nitrogens with one attached hydrogen (secondary N) is 1. The van der Waals surface area contributed by atoms with Gasteiger partial charge in [0.15, 0.2) is 0 Å². The number of hydrogen-bond acceptors (Lipinski definition) is 3. The molecule has 20 heavy (non-hydrogen) atoms. The van der Waals surface area contributed by atoms with Crippen molar-refractivity contribution >= 4 is 11.7 Å². The van der Waals surface area contributed by atoms with Crippen molar-refractivity contribution in [1.82, 2.24) is 9.88 Å². The van der Waals surface area contributed by atoms with Gasteiger partial charge in [-0.3, -0.25) is 4.79 Å². The summed E-state index contributed by atoms with van der Waals surface area (Å²) in [6, 6.07) is 3.69. The third kappa shape index (κ3) is 2.39. The predicted octanol–water partition coefficient (Wildman–Crippen LogP) is 2.88. The summed E-state index contributed by atoms with van der Waals surface area (Å²) in [5.74, 6) is 1.46. The van der Waals surface area contributed by atoms with Crippen LogP contribution in [0.25, 0.3) is 0 Å². The smallest absolute Gasteiger partial charge is 0.254 e. The van der Waals surface area contributed by atoms with Crippen LogP contribution in [0.2, 0.25) is 0 Å². The molecule has 110 valence electrons. The summed E-state index contributed by atoms with van der Waals surface area (Å²) in [5, 5.41) is 3.38. The molecule has 1 aliphatic carbocycles. The first-order chi connectivity index (χ1) is 9.18. The first kappa shape index (κ1) is 14.8. The molecule has 2 rings (SSSR count). The van der Waals surface area contributed by atoms with Gasteiger partial charge in [0.2, 0.25) is 0 Å². The predicted molar refractivity (Wildman–Crippen MR) is 81.8 cm³/mol. The number of anilines is 1. The lowest BCUT2D eigenvalue weighted by Gasteiger charge is -2.11. The Bertz CT molecular complexity index is 489. The van der Waals surface area contributed by atoms with Gasteiger partial charge in [-0.05, 0) is 28.9 Å². The molecule has 0 unspecified atom stereocenters. The Balaban J connectivity index is 1.94. The molecule has 0 saturated heterocycles. The maximum absolute atomic E-state index is 11.8. The summed E-state index contributed by atoms with van der Waals surface area (Å²) >= 11 is 0. The molecular formula is C16H25N3O. The van der Waals surface area contributed by atoms with Crippen LogP contribution in [0.15, 0.2) is 18.3 Å². The molecule has 1 aromatic rings. The van der Waals surface area contributed by atoms with Crippen LogP contribution in [0, 0.1) is 16.7 Å². The van der Waals surface area contributed by atoms with E-state index in [1.807, 2.05) is 12.1 Å². The molecular weight excluding hydrogens is 250 g/mol. The van der Waals surface area contributed by atoms with Gasteiger partial charge in [0.05, 0.1) is 5.56 Å². The van der Waals surface area contributed by atoms with E-state index in [0.717, 1.165) is 12.4 Å². The minimum absolute atomic E-state index is 0.0199. The summed E-state index contributed by atoms with van der Waals surface area (Å²) in [6.45, 7) is 10.2.